The first-order valence-electron chi connectivity index (χ1n) is 10.4. The number of nitrogens with one attached hydrogen (secondary N) is 1. The molecule has 10 heteroatoms. The molecule has 0 aromatic heterocycles. The summed E-state index contributed by atoms with van der Waals surface area (Å²) in [4.78, 5) is 13.8. The van der Waals surface area contributed by atoms with Crippen LogP contribution in [0.1, 0.15) is 52.2 Å². The first-order valence-corrected chi connectivity index (χ1v) is 11.8. The Morgan fingerprint density at radius 1 is 1.09 bits per heavy atom. The molecule has 0 spiro atoms. The van der Waals surface area contributed by atoms with Gasteiger partial charge in [0.2, 0.25) is 0 Å². The minimum absolute atomic E-state index is 0.0646. The summed E-state index contributed by atoms with van der Waals surface area (Å²) in [5, 5.41) is 2.91. The van der Waals surface area contributed by atoms with Crippen molar-refractivity contribution in [2.45, 2.75) is 70.2 Å². The number of benzene rings is 2. The van der Waals surface area contributed by atoms with Crippen molar-refractivity contribution in [3.05, 3.63) is 59.7 Å². The molecule has 2 rings (SSSR count). The van der Waals surface area contributed by atoms with Crippen LogP contribution in [0.3, 0.4) is 0 Å². The third kappa shape index (κ3) is 7.66. The summed E-state index contributed by atoms with van der Waals surface area (Å²) in [5.74, 6) is -0.0646. The van der Waals surface area contributed by atoms with Crippen LogP contribution in [0.4, 0.5) is 18.0 Å². The molecule has 1 atom stereocenters. The third-order valence-corrected chi connectivity index (χ3v) is 6.02. The molecule has 6 nitrogen and oxygen atoms in total. The molecule has 0 radical (unpaired) electrons. The van der Waals surface area contributed by atoms with Crippen molar-refractivity contribution in [1.82, 2.24) is 10.2 Å². The van der Waals surface area contributed by atoms with E-state index in [0.29, 0.717) is 18.1 Å². The van der Waals surface area contributed by atoms with Crippen LogP contribution in [-0.2, 0) is 22.8 Å². The van der Waals surface area contributed by atoms with Crippen molar-refractivity contribution in [2.24, 2.45) is 0 Å². The van der Waals surface area contributed by atoms with Crippen LogP contribution in [0, 0.1) is 0 Å². The van der Waals surface area contributed by atoms with Crippen molar-refractivity contribution in [2.75, 3.05) is 0 Å². The van der Waals surface area contributed by atoms with Crippen LogP contribution in [0.25, 0.3) is 0 Å². The number of carbonyl (C=O) groups is 1. The van der Waals surface area contributed by atoms with Gasteiger partial charge in [-0.25, -0.2) is 4.79 Å². The van der Waals surface area contributed by atoms with E-state index in [1.54, 1.807) is 17.0 Å². The van der Waals surface area contributed by atoms with Crippen molar-refractivity contribution in [1.29, 1.82) is 0 Å². The highest BCUT2D eigenvalue weighted by Gasteiger charge is 2.32. The van der Waals surface area contributed by atoms with Gasteiger partial charge in [-0.15, -0.1) is 0 Å². The highest BCUT2D eigenvalue weighted by Crippen LogP contribution is 2.31. The molecule has 2 aromatic rings. The van der Waals surface area contributed by atoms with Gasteiger partial charge >= 0.3 is 22.3 Å². The fourth-order valence-corrected chi connectivity index (χ4v) is 3.91. The first kappa shape index (κ1) is 26.5. The van der Waals surface area contributed by atoms with Crippen LogP contribution in [0.5, 0.6) is 5.75 Å². The minimum Gasteiger partial charge on any atom is -0.379 e. The Labute approximate surface area is 192 Å². The zero-order valence-corrected chi connectivity index (χ0v) is 20.0. The average molecular weight is 487 g/mol. The number of rotatable bonds is 7. The summed E-state index contributed by atoms with van der Waals surface area (Å²) < 4.78 is 69.1. The lowest BCUT2D eigenvalue weighted by atomic mass is 10.1. The van der Waals surface area contributed by atoms with E-state index in [9.17, 15) is 26.4 Å². The molecule has 2 aromatic carbocycles. The van der Waals surface area contributed by atoms with Crippen LogP contribution >= 0.6 is 0 Å². The fourth-order valence-electron chi connectivity index (χ4n) is 2.94. The number of halogens is 3. The molecule has 0 bridgehead atoms. The number of carbonyl (C=O) groups excluding carboxylic acids is 1. The standard InChI is InChI=1S/C23H29F3N2O4S/c1-6-16(2)28(21(29)27-22(3,4)5)15-17-9-7-11-19(13-17)32-33(30,31)20-12-8-10-18(14-20)23(24,25)26/h7-14,16H,6,15H2,1-5H3,(H,27,29)/t16-/m1/s1. The Kier molecular flexibility index (Phi) is 8.05. The molecule has 0 aliphatic rings. The second kappa shape index (κ2) is 10.0. The van der Waals surface area contributed by atoms with Gasteiger partial charge in [-0.3, -0.25) is 0 Å². The van der Waals surface area contributed by atoms with E-state index in [1.165, 1.54) is 12.1 Å². The van der Waals surface area contributed by atoms with Crippen LogP contribution in [0.2, 0.25) is 0 Å². The number of urea groups is 1. The van der Waals surface area contributed by atoms with Crippen molar-refractivity contribution in [3.8, 4) is 5.75 Å². The smallest absolute Gasteiger partial charge is 0.379 e. The second-order valence-corrected chi connectivity index (χ2v) is 10.3. The van der Waals surface area contributed by atoms with E-state index in [-0.39, 0.29) is 24.4 Å². The second-order valence-electron chi connectivity index (χ2n) is 8.78. The molecule has 0 saturated heterocycles. The van der Waals surface area contributed by atoms with E-state index in [1.807, 2.05) is 34.6 Å². The molecule has 0 fully saturated rings. The third-order valence-electron chi connectivity index (χ3n) is 4.77. The van der Waals surface area contributed by atoms with E-state index >= 15 is 0 Å². The van der Waals surface area contributed by atoms with Crippen molar-refractivity contribution in [3.63, 3.8) is 0 Å². The Hall–Kier alpha value is -2.75. The molecular formula is C23H29F3N2O4S. The van der Waals surface area contributed by atoms with Gasteiger partial charge < -0.3 is 14.4 Å². The summed E-state index contributed by atoms with van der Waals surface area (Å²) in [5.41, 5.74) is -0.918. The van der Waals surface area contributed by atoms with Crippen LogP contribution in [-0.4, -0.2) is 30.9 Å². The monoisotopic (exact) mass is 486 g/mol. The molecule has 0 heterocycles. The average Bonchev–Trinajstić information content (AvgIpc) is 2.69. The molecule has 1 N–H and O–H groups in total. The number of alkyl halides is 3. The highest BCUT2D eigenvalue weighted by molar-refractivity contribution is 7.87. The number of hydrogen-bond acceptors (Lipinski definition) is 4. The predicted octanol–water partition coefficient (Wildman–Crippen LogP) is 5.58. The molecule has 0 saturated carbocycles. The maximum atomic E-state index is 12.9. The van der Waals surface area contributed by atoms with E-state index in [4.69, 9.17) is 4.18 Å². The summed E-state index contributed by atoms with van der Waals surface area (Å²) in [6, 6.07) is 9.11. The van der Waals surface area contributed by atoms with Gasteiger partial charge in [0.05, 0.1) is 5.56 Å². The van der Waals surface area contributed by atoms with Gasteiger partial charge in [0.1, 0.15) is 10.6 Å². The maximum Gasteiger partial charge on any atom is 0.416 e. The van der Waals surface area contributed by atoms with Gasteiger partial charge in [-0.1, -0.05) is 25.1 Å². The SMILES string of the molecule is CC[C@@H](C)N(Cc1cccc(OS(=O)(=O)c2cccc(C(F)(F)F)c2)c1)C(=O)NC(C)(C)C. The predicted molar refractivity (Wildman–Crippen MR) is 119 cm³/mol. The zero-order valence-electron chi connectivity index (χ0n) is 19.2. The lowest BCUT2D eigenvalue weighted by molar-refractivity contribution is -0.137. The van der Waals surface area contributed by atoms with Crippen molar-refractivity contribution >= 4 is 16.1 Å². The Morgan fingerprint density at radius 2 is 1.73 bits per heavy atom. The summed E-state index contributed by atoms with van der Waals surface area (Å²) in [6.07, 6.45) is -3.98. The lowest BCUT2D eigenvalue weighted by Gasteiger charge is -2.32. The maximum absolute atomic E-state index is 12.9. The van der Waals surface area contributed by atoms with Crippen LogP contribution < -0.4 is 9.50 Å². The van der Waals surface area contributed by atoms with Gasteiger partial charge in [0, 0.05) is 18.1 Å². The normalized spacial score (nSPS) is 13.3. The van der Waals surface area contributed by atoms with Gasteiger partial charge in [0.25, 0.3) is 0 Å². The molecule has 2 amide bonds. The van der Waals surface area contributed by atoms with Crippen molar-refractivity contribution < 1.29 is 30.6 Å². The summed E-state index contributed by atoms with van der Waals surface area (Å²) in [6.45, 7) is 9.65. The lowest BCUT2D eigenvalue weighted by Crippen LogP contribution is -2.50. The van der Waals surface area contributed by atoms with E-state index < -0.39 is 32.3 Å². The zero-order chi connectivity index (χ0) is 25.0. The molecular weight excluding hydrogens is 457 g/mol. The Bertz CT molecular complexity index is 1080. The molecule has 182 valence electrons. The topological polar surface area (TPSA) is 75.7 Å². The highest BCUT2D eigenvalue weighted by atomic mass is 32.2. The fraction of sp³-hybridized carbons (Fsp3) is 0.435. The number of nitrogens with zero attached hydrogens (tertiary/aromatic N) is 1. The van der Waals surface area contributed by atoms with E-state index in [2.05, 4.69) is 5.32 Å². The van der Waals surface area contributed by atoms with Gasteiger partial charge in [-0.2, -0.15) is 21.6 Å². The molecule has 0 aliphatic heterocycles. The molecule has 0 unspecified atom stereocenters. The molecule has 33 heavy (non-hydrogen) atoms. The van der Waals surface area contributed by atoms with Gasteiger partial charge in [-0.05, 0) is 70.0 Å². The van der Waals surface area contributed by atoms with Crippen LogP contribution in [0.15, 0.2) is 53.4 Å². The number of hydrogen-bond donors (Lipinski definition) is 1. The quantitative estimate of drug-likeness (QED) is 0.519. The minimum atomic E-state index is -4.68. The summed E-state index contributed by atoms with van der Waals surface area (Å²) in [7, 11) is -4.50. The molecule has 0 aliphatic carbocycles. The first-order chi connectivity index (χ1) is 15.1. The van der Waals surface area contributed by atoms with E-state index in [0.717, 1.165) is 18.2 Å². The van der Waals surface area contributed by atoms with Gasteiger partial charge in [0.15, 0.2) is 0 Å². The summed E-state index contributed by atoms with van der Waals surface area (Å²) >= 11 is 0. The Morgan fingerprint density at radius 3 is 2.30 bits per heavy atom. The largest absolute Gasteiger partial charge is 0.416 e. The Balaban J connectivity index is 2.27. The number of amides is 2.